The molecule has 1 saturated heterocycles. The second kappa shape index (κ2) is 13.9. The number of fused-ring (bicyclic) bond motifs is 1. The Labute approximate surface area is 259 Å². The van der Waals surface area contributed by atoms with Gasteiger partial charge in [0.2, 0.25) is 0 Å². The maximum absolute atomic E-state index is 13.8. The molecular formula is C35H42ClN3O4. The molecule has 0 aliphatic carbocycles. The smallest absolute Gasteiger partial charge is 0.406 e. The van der Waals surface area contributed by atoms with Gasteiger partial charge in [0.25, 0.3) is 5.91 Å². The molecule has 3 aromatic carbocycles. The van der Waals surface area contributed by atoms with Gasteiger partial charge in [0.15, 0.2) is 0 Å². The highest BCUT2D eigenvalue weighted by Gasteiger charge is 2.43. The Morgan fingerprint density at radius 1 is 1.14 bits per heavy atom. The highest BCUT2D eigenvalue weighted by atomic mass is 35.5. The number of aryl methyl sites for hydroxylation is 1. The van der Waals surface area contributed by atoms with Gasteiger partial charge in [-0.3, -0.25) is 4.79 Å². The average Bonchev–Trinajstić information content (AvgIpc) is 3.05. The highest BCUT2D eigenvalue weighted by molar-refractivity contribution is 6.33. The zero-order chi connectivity index (χ0) is 30.4. The third kappa shape index (κ3) is 6.90. The number of nitrogens with one attached hydrogen (secondary N) is 2. The van der Waals surface area contributed by atoms with Gasteiger partial charge in [-0.1, -0.05) is 61.0 Å². The first-order valence-electron chi connectivity index (χ1n) is 15.4. The van der Waals surface area contributed by atoms with Gasteiger partial charge in [0.05, 0.1) is 12.2 Å². The van der Waals surface area contributed by atoms with Gasteiger partial charge in [-0.2, -0.15) is 0 Å². The average molecular weight is 604 g/mol. The number of halogens is 1. The van der Waals surface area contributed by atoms with E-state index in [1.54, 1.807) is 0 Å². The molecule has 0 radical (unpaired) electrons. The zero-order valence-corrected chi connectivity index (χ0v) is 25.9. The Hall–Kier alpha value is -3.39. The predicted molar refractivity (Wildman–Crippen MR) is 170 cm³/mol. The van der Waals surface area contributed by atoms with Crippen molar-refractivity contribution in [1.82, 2.24) is 15.5 Å². The molecule has 2 heterocycles. The van der Waals surface area contributed by atoms with Crippen molar-refractivity contribution in [2.75, 3.05) is 33.3 Å². The van der Waals surface area contributed by atoms with Gasteiger partial charge in [0, 0.05) is 48.7 Å². The molecule has 2 amide bonds. The minimum Gasteiger partial charge on any atom is -0.450 e. The summed E-state index contributed by atoms with van der Waals surface area (Å²) in [6.07, 6.45) is 3.63. The van der Waals surface area contributed by atoms with Gasteiger partial charge in [-0.15, -0.1) is 0 Å². The maximum Gasteiger partial charge on any atom is 0.406 e. The number of benzene rings is 3. The Morgan fingerprint density at radius 3 is 2.79 bits per heavy atom. The van der Waals surface area contributed by atoms with E-state index in [1.807, 2.05) is 47.4 Å². The number of carbonyl (C=O) groups excluding carboxylic acids is 2. The number of hydrogen-bond acceptors (Lipinski definition) is 5. The molecule has 3 aromatic rings. The molecule has 43 heavy (non-hydrogen) atoms. The van der Waals surface area contributed by atoms with Crippen molar-refractivity contribution >= 4 is 23.6 Å². The fourth-order valence-electron chi connectivity index (χ4n) is 6.61. The minimum absolute atomic E-state index is 0.00158. The first kappa shape index (κ1) is 31.0. The lowest BCUT2D eigenvalue weighted by Gasteiger charge is -2.44. The predicted octanol–water partition coefficient (Wildman–Crippen LogP) is 6.09. The molecule has 8 heteroatoms. The van der Waals surface area contributed by atoms with E-state index in [-0.39, 0.29) is 18.4 Å². The Kier molecular flexibility index (Phi) is 10.1. The number of likely N-dealkylation sites (tertiary alicyclic amines) is 1. The number of aliphatic hydroxyl groups is 1. The molecule has 228 valence electrons. The molecule has 2 atom stereocenters. The number of nitrogens with zero attached hydrogens (tertiary/aromatic N) is 1. The molecule has 0 aromatic heterocycles. The number of rotatable bonds is 9. The molecule has 2 aliphatic rings. The Bertz CT molecular complexity index is 1460. The van der Waals surface area contributed by atoms with E-state index in [0.717, 1.165) is 55.5 Å². The number of piperidine rings is 1. The van der Waals surface area contributed by atoms with Gasteiger partial charge >= 0.3 is 6.09 Å². The summed E-state index contributed by atoms with van der Waals surface area (Å²) in [4.78, 5) is 27.4. The third-order valence-electron chi connectivity index (χ3n) is 8.97. The largest absolute Gasteiger partial charge is 0.450 e. The van der Waals surface area contributed by atoms with Crippen LogP contribution in [-0.2, 0) is 29.7 Å². The molecule has 5 rings (SSSR count). The van der Waals surface area contributed by atoms with Gasteiger partial charge in [-0.05, 0) is 91.1 Å². The highest BCUT2D eigenvalue weighted by Crippen LogP contribution is 2.46. The van der Waals surface area contributed by atoms with Gasteiger partial charge in [-0.25, -0.2) is 4.79 Å². The normalized spacial score (nSPS) is 18.0. The van der Waals surface area contributed by atoms with E-state index in [9.17, 15) is 14.7 Å². The van der Waals surface area contributed by atoms with E-state index < -0.39 is 11.7 Å². The van der Waals surface area contributed by atoms with Gasteiger partial charge < -0.3 is 25.4 Å². The Balaban J connectivity index is 1.48. The van der Waals surface area contributed by atoms with Gasteiger partial charge in [0.1, 0.15) is 0 Å². The van der Waals surface area contributed by atoms with Crippen LogP contribution >= 0.6 is 11.6 Å². The van der Waals surface area contributed by atoms with Crippen molar-refractivity contribution in [3.05, 3.63) is 93.5 Å². The van der Waals surface area contributed by atoms with Crippen molar-refractivity contribution in [1.29, 1.82) is 0 Å². The summed E-state index contributed by atoms with van der Waals surface area (Å²) >= 11 is 6.89. The molecule has 0 bridgehead atoms. The van der Waals surface area contributed by atoms with E-state index in [2.05, 4.69) is 35.8 Å². The molecule has 0 saturated carbocycles. The van der Waals surface area contributed by atoms with Crippen LogP contribution in [0.2, 0.25) is 5.02 Å². The van der Waals surface area contributed by atoms with Crippen LogP contribution in [0.5, 0.6) is 0 Å². The zero-order valence-electron chi connectivity index (χ0n) is 25.1. The first-order chi connectivity index (χ1) is 20.8. The summed E-state index contributed by atoms with van der Waals surface area (Å²) < 4.78 is 5.29. The topological polar surface area (TPSA) is 90.9 Å². The number of amides is 2. The maximum atomic E-state index is 13.8. The molecule has 1 fully saturated rings. The summed E-state index contributed by atoms with van der Waals surface area (Å²) in [5, 5.41) is 19.2. The van der Waals surface area contributed by atoms with Crippen LogP contribution in [-0.4, -0.2) is 55.3 Å². The van der Waals surface area contributed by atoms with Crippen molar-refractivity contribution in [3.63, 3.8) is 0 Å². The van der Waals surface area contributed by atoms with Crippen LogP contribution in [0, 0.1) is 5.92 Å². The van der Waals surface area contributed by atoms with Crippen LogP contribution in [0.25, 0.3) is 11.1 Å². The fourth-order valence-corrected chi connectivity index (χ4v) is 6.89. The monoisotopic (exact) mass is 603 g/mol. The lowest BCUT2D eigenvalue weighted by molar-refractivity contribution is -0.0588. The SMILES string of the molecule is CCc1cccc(-c2c(Cl)cccc2C(O)(CCCOC(=O)NC)C2CCCN(C(=O)c3ccc4c(c3)CCNC4)C2)c1. The third-order valence-corrected chi connectivity index (χ3v) is 9.28. The van der Waals surface area contributed by atoms with Crippen molar-refractivity contribution < 1.29 is 19.4 Å². The summed E-state index contributed by atoms with van der Waals surface area (Å²) in [5.74, 6) is -0.239. The summed E-state index contributed by atoms with van der Waals surface area (Å²) in [6.45, 7) is 5.09. The van der Waals surface area contributed by atoms with E-state index in [0.29, 0.717) is 36.5 Å². The van der Waals surface area contributed by atoms with Crippen molar-refractivity contribution in [2.45, 2.75) is 57.6 Å². The number of ether oxygens (including phenoxy) is 1. The van der Waals surface area contributed by atoms with Crippen LogP contribution in [0.4, 0.5) is 4.79 Å². The minimum atomic E-state index is -1.31. The molecule has 2 aliphatic heterocycles. The fraction of sp³-hybridized carbons (Fsp3) is 0.429. The second-order valence-corrected chi connectivity index (χ2v) is 12.0. The van der Waals surface area contributed by atoms with Crippen molar-refractivity contribution in [3.8, 4) is 11.1 Å². The number of alkyl carbamates (subject to hydrolysis) is 1. The summed E-state index contributed by atoms with van der Waals surface area (Å²) in [5.41, 5.74) is 5.54. The molecule has 7 nitrogen and oxygen atoms in total. The second-order valence-electron chi connectivity index (χ2n) is 11.6. The molecule has 0 spiro atoms. The Morgan fingerprint density at radius 2 is 1.98 bits per heavy atom. The first-order valence-corrected chi connectivity index (χ1v) is 15.8. The molecule has 3 N–H and O–H groups in total. The number of carbonyl (C=O) groups is 2. The van der Waals surface area contributed by atoms with E-state index in [4.69, 9.17) is 16.3 Å². The van der Waals surface area contributed by atoms with Crippen LogP contribution in [0.3, 0.4) is 0 Å². The van der Waals surface area contributed by atoms with E-state index in [1.165, 1.54) is 23.7 Å². The summed E-state index contributed by atoms with van der Waals surface area (Å²) in [6, 6.07) is 20.0. The van der Waals surface area contributed by atoms with Crippen LogP contribution < -0.4 is 10.6 Å². The lowest BCUT2D eigenvalue weighted by atomic mass is 9.72. The summed E-state index contributed by atoms with van der Waals surface area (Å²) in [7, 11) is 1.52. The van der Waals surface area contributed by atoms with Crippen molar-refractivity contribution in [2.24, 2.45) is 5.92 Å². The number of hydrogen-bond donors (Lipinski definition) is 3. The standard InChI is InChI=1S/C35H42ClN3O4/c1-3-24-8-4-9-26(20-24)32-30(11-5-12-31(32)36)35(42,16-7-19-43-34(41)37-2)29-10-6-18-39(23-29)33(40)27-13-14-28-22-38-17-15-25(28)21-27/h4-5,8-9,11-14,20-21,29,38,42H,3,6-7,10,15-19,22-23H2,1-2H3,(H,37,41). The van der Waals surface area contributed by atoms with E-state index >= 15 is 0 Å². The molecular weight excluding hydrogens is 562 g/mol. The quantitative estimate of drug-likeness (QED) is 0.258. The lowest BCUT2D eigenvalue weighted by Crippen LogP contribution is -2.48. The molecule has 2 unspecified atom stereocenters. The van der Waals surface area contributed by atoms with Crippen LogP contribution in [0.15, 0.2) is 60.7 Å². The van der Waals surface area contributed by atoms with Crippen LogP contribution in [0.1, 0.15) is 65.2 Å².